The fourth-order valence-corrected chi connectivity index (χ4v) is 2.63. The van der Waals surface area contributed by atoms with Gasteiger partial charge in [0.1, 0.15) is 5.69 Å². The molecule has 0 saturated carbocycles. The molecule has 0 bridgehead atoms. The molecule has 1 fully saturated rings. The standard InChI is InChI=1S/C15H25N3O2/c1-3-5-13-10-14(17-16-13)15(19)18(4-2)11-12-6-8-20-9-7-12/h10,12H,3-9,11H2,1-2H3,(H,16,17). The Kier molecular flexibility index (Phi) is 5.59. The lowest BCUT2D eigenvalue weighted by Gasteiger charge is -2.28. The average molecular weight is 279 g/mol. The highest BCUT2D eigenvalue weighted by Crippen LogP contribution is 2.17. The predicted molar refractivity (Wildman–Crippen MR) is 77.7 cm³/mol. The minimum Gasteiger partial charge on any atom is -0.381 e. The van der Waals surface area contributed by atoms with E-state index in [1.807, 2.05) is 17.9 Å². The Morgan fingerprint density at radius 3 is 2.85 bits per heavy atom. The van der Waals surface area contributed by atoms with Gasteiger partial charge in [0.15, 0.2) is 0 Å². The van der Waals surface area contributed by atoms with Crippen molar-refractivity contribution in [3.63, 3.8) is 0 Å². The van der Waals surface area contributed by atoms with Crippen LogP contribution in [0.1, 0.15) is 49.3 Å². The van der Waals surface area contributed by atoms with Crippen molar-refractivity contribution in [3.05, 3.63) is 17.5 Å². The van der Waals surface area contributed by atoms with Gasteiger partial charge in [-0.1, -0.05) is 13.3 Å². The Bertz CT molecular complexity index is 425. The van der Waals surface area contributed by atoms with Crippen LogP contribution >= 0.6 is 0 Å². The highest BCUT2D eigenvalue weighted by Gasteiger charge is 2.22. The maximum absolute atomic E-state index is 12.5. The van der Waals surface area contributed by atoms with E-state index >= 15 is 0 Å². The first kappa shape index (κ1) is 15.0. The van der Waals surface area contributed by atoms with Gasteiger partial charge in [0.2, 0.25) is 0 Å². The monoisotopic (exact) mass is 279 g/mol. The SMILES string of the molecule is CCCc1cc(C(=O)N(CC)CC2CCOCC2)n[nH]1. The normalized spacial score (nSPS) is 16.3. The zero-order valence-corrected chi connectivity index (χ0v) is 12.5. The van der Waals surface area contributed by atoms with E-state index in [-0.39, 0.29) is 5.91 Å². The lowest BCUT2D eigenvalue weighted by molar-refractivity contribution is 0.0464. The first-order chi connectivity index (χ1) is 9.74. The molecule has 0 radical (unpaired) electrons. The Morgan fingerprint density at radius 2 is 2.20 bits per heavy atom. The second-order valence-electron chi connectivity index (χ2n) is 5.43. The smallest absolute Gasteiger partial charge is 0.274 e. The van der Waals surface area contributed by atoms with Gasteiger partial charge < -0.3 is 9.64 Å². The number of amides is 1. The van der Waals surface area contributed by atoms with Gasteiger partial charge in [-0.25, -0.2) is 0 Å². The number of H-pyrrole nitrogens is 1. The molecule has 0 aromatic carbocycles. The van der Waals surface area contributed by atoms with Crippen molar-refractivity contribution in [1.29, 1.82) is 0 Å². The summed E-state index contributed by atoms with van der Waals surface area (Å²) in [6, 6.07) is 1.89. The molecule has 2 heterocycles. The molecule has 1 aliphatic rings. The molecular weight excluding hydrogens is 254 g/mol. The summed E-state index contributed by atoms with van der Waals surface area (Å²) in [6.45, 7) is 7.32. The fourth-order valence-electron chi connectivity index (χ4n) is 2.63. The molecule has 1 N–H and O–H groups in total. The average Bonchev–Trinajstić information content (AvgIpc) is 2.94. The van der Waals surface area contributed by atoms with Crippen LogP contribution in [0.3, 0.4) is 0 Å². The summed E-state index contributed by atoms with van der Waals surface area (Å²) in [5, 5.41) is 7.11. The Morgan fingerprint density at radius 1 is 1.45 bits per heavy atom. The van der Waals surface area contributed by atoms with E-state index in [9.17, 15) is 4.79 Å². The summed E-state index contributed by atoms with van der Waals surface area (Å²) in [6.07, 6.45) is 4.08. The topological polar surface area (TPSA) is 58.2 Å². The summed E-state index contributed by atoms with van der Waals surface area (Å²) >= 11 is 0. The van der Waals surface area contributed by atoms with Crippen molar-refractivity contribution in [1.82, 2.24) is 15.1 Å². The summed E-state index contributed by atoms with van der Waals surface area (Å²) < 4.78 is 5.37. The lowest BCUT2D eigenvalue weighted by Crippen LogP contribution is -2.37. The number of nitrogens with one attached hydrogen (secondary N) is 1. The van der Waals surface area contributed by atoms with Gasteiger partial charge in [-0.2, -0.15) is 5.10 Å². The summed E-state index contributed by atoms with van der Waals surface area (Å²) in [5.74, 6) is 0.597. The van der Waals surface area contributed by atoms with Gasteiger partial charge in [0.05, 0.1) is 0 Å². The number of aryl methyl sites for hydroxylation is 1. The second kappa shape index (κ2) is 7.43. The molecule has 20 heavy (non-hydrogen) atoms. The quantitative estimate of drug-likeness (QED) is 0.869. The second-order valence-corrected chi connectivity index (χ2v) is 5.43. The van der Waals surface area contributed by atoms with E-state index in [2.05, 4.69) is 17.1 Å². The molecule has 0 spiro atoms. The van der Waals surface area contributed by atoms with Gasteiger partial charge >= 0.3 is 0 Å². The largest absolute Gasteiger partial charge is 0.381 e. The van der Waals surface area contributed by atoms with Crippen molar-refractivity contribution < 1.29 is 9.53 Å². The molecule has 1 saturated heterocycles. The highest BCUT2D eigenvalue weighted by atomic mass is 16.5. The molecule has 112 valence electrons. The number of carbonyl (C=O) groups excluding carboxylic acids is 1. The van der Waals surface area contributed by atoms with Crippen molar-refractivity contribution in [3.8, 4) is 0 Å². The van der Waals surface area contributed by atoms with E-state index in [1.54, 1.807) is 0 Å². The van der Waals surface area contributed by atoms with Crippen LogP contribution in [0.2, 0.25) is 0 Å². The number of carbonyl (C=O) groups is 1. The van der Waals surface area contributed by atoms with E-state index in [0.717, 1.165) is 57.7 Å². The molecule has 1 aromatic rings. The number of hydrogen-bond acceptors (Lipinski definition) is 3. The zero-order valence-electron chi connectivity index (χ0n) is 12.5. The third-order valence-electron chi connectivity index (χ3n) is 3.86. The van der Waals surface area contributed by atoms with E-state index in [4.69, 9.17) is 4.74 Å². The van der Waals surface area contributed by atoms with Crippen LogP contribution in [-0.4, -0.2) is 47.3 Å². The van der Waals surface area contributed by atoms with Crippen LogP contribution in [0.4, 0.5) is 0 Å². The highest BCUT2D eigenvalue weighted by molar-refractivity contribution is 5.92. The Labute approximate surface area is 120 Å². The number of nitrogens with zero attached hydrogens (tertiary/aromatic N) is 2. The lowest BCUT2D eigenvalue weighted by atomic mass is 9.99. The number of aromatic nitrogens is 2. The fraction of sp³-hybridized carbons (Fsp3) is 0.733. The molecule has 1 aromatic heterocycles. The van der Waals surface area contributed by atoms with Crippen molar-refractivity contribution in [2.45, 2.75) is 39.5 Å². The number of hydrogen-bond donors (Lipinski definition) is 1. The predicted octanol–water partition coefficient (Wildman–Crippen LogP) is 2.25. The number of ether oxygens (including phenoxy) is 1. The molecule has 0 unspecified atom stereocenters. The summed E-state index contributed by atoms with van der Waals surface area (Å²) in [7, 11) is 0. The van der Waals surface area contributed by atoms with E-state index in [0.29, 0.717) is 11.6 Å². The van der Waals surface area contributed by atoms with Gasteiger partial charge in [-0.05, 0) is 38.2 Å². The molecule has 1 amide bonds. The maximum atomic E-state index is 12.5. The minimum absolute atomic E-state index is 0.0394. The van der Waals surface area contributed by atoms with E-state index in [1.165, 1.54) is 0 Å². The molecule has 5 heteroatoms. The van der Waals surface area contributed by atoms with Crippen molar-refractivity contribution >= 4 is 5.91 Å². The zero-order chi connectivity index (χ0) is 14.4. The first-order valence-corrected chi connectivity index (χ1v) is 7.65. The molecule has 5 nitrogen and oxygen atoms in total. The van der Waals surface area contributed by atoms with Gasteiger partial charge in [0, 0.05) is 32.0 Å². The van der Waals surface area contributed by atoms with Crippen LogP contribution in [-0.2, 0) is 11.2 Å². The molecule has 2 rings (SSSR count). The van der Waals surface area contributed by atoms with Gasteiger partial charge in [-0.3, -0.25) is 9.89 Å². The van der Waals surface area contributed by atoms with Gasteiger partial charge in [-0.15, -0.1) is 0 Å². The van der Waals surface area contributed by atoms with Crippen LogP contribution in [0.5, 0.6) is 0 Å². The minimum atomic E-state index is 0.0394. The Balaban J connectivity index is 1.96. The maximum Gasteiger partial charge on any atom is 0.274 e. The molecule has 0 aliphatic carbocycles. The van der Waals surface area contributed by atoms with Crippen LogP contribution < -0.4 is 0 Å². The van der Waals surface area contributed by atoms with E-state index < -0.39 is 0 Å². The third kappa shape index (κ3) is 3.82. The van der Waals surface area contributed by atoms with Crippen molar-refractivity contribution in [2.24, 2.45) is 5.92 Å². The number of aromatic amines is 1. The molecule has 1 aliphatic heterocycles. The van der Waals surface area contributed by atoms with Crippen LogP contribution in [0.15, 0.2) is 6.07 Å². The number of rotatable bonds is 6. The molecular formula is C15H25N3O2. The third-order valence-corrected chi connectivity index (χ3v) is 3.86. The molecule has 0 atom stereocenters. The van der Waals surface area contributed by atoms with Crippen LogP contribution in [0.25, 0.3) is 0 Å². The summed E-state index contributed by atoms with van der Waals surface area (Å²) in [4.78, 5) is 14.4. The Hall–Kier alpha value is -1.36. The van der Waals surface area contributed by atoms with Crippen molar-refractivity contribution in [2.75, 3.05) is 26.3 Å². The summed E-state index contributed by atoms with van der Waals surface area (Å²) in [5.41, 5.74) is 1.58. The van der Waals surface area contributed by atoms with Crippen LogP contribution in [0, 0.1) is 5.92 Å². The van der Waals surface area contributed by atoms with Gasteiger partial charge in [0.25, 0.3) is 5.91 Å². The first-order valence-electron chi connectivity index (χ1n) is 7.65.